The number of anilines is 3. The van der Waals surface area contributed by atoms with E-state index in [0.717, 1.165) is 0 Å². The Kier molecular flexibility index (Phi) is 16.1. The summed E-state index contributed by atoms with van der Waals surface area (Å²) in [5.41, 5.74) is 5.67. The maximum atomic E-state index is 5.98. The maximum Gasteiger partial charge on any atom is 0.698 e. The summed E-state index contributed by atoms with van der Waals surface area (Å²) in [6.07, 6.45) is 1.22. The molecule has 0 fully saturated rings. The van der Waals surface area contributed by atoms with E-state index in [2.05, 4.69) is 70.4 Å². The van der Waals surface area contributed by atoms with E-state index in [1.807, 2.05) is 0 Å². The molecule has 0 saturated heterocycles. The molecule has 246 valence electrons. The highest BCUT2D eigenvalue weighted by Gasteiger charge is 2.49. The van der Waals surface area contributed by atoms with Gasteiger partial charge < -0.3 is 48.2 Å². The highest BCUT2D eigenvalue weighted by atomic mass is 28.4. The van der Waals surface area contributed by atoms with Crippen LogP contribution in [0.2, 0.25) is 12.1 Å². The van der Waals surface area contributed by atoms with Crippen molar-refractivity contribution in [2.75, 3.05) is 42.1 Å². The van der Waals surface area contributed by atoms with Crippen LogP contribution >= 0.6 is 0 Å². The SMILES string of the molecule is C=C(C)O[Si](CCCNc1nc(NCCN)nc(NCCC[Si](OC(=C)C)(OC(=C)C)OC(=C)C)n1)(OC(=C)C)OC(=C)C. The molecule has 15 heteroatoms. The molecule has 0 bridgehead atoms. The molecule has 0 aliphatic rings. The van der Waals surface area contributed by atoms with Gasteiger partial charge in [0.15, 0.2) is 0 Å². The topological polar surface area (TPSA) is 156 Å². The van der Waals surface area contributed by atoms with Gasteiger partial charge in [0, 0.05) is 26.2 Å². The molecule has 0 amide bonds. The third-order valence-electron chi connectivity index (χ3n) is 4.93. The minimum Gasteiger partial charge on any atom is -0.488 e. The number of nitrogens with zero attached hydrogens (tertiary/aromatic N) is 3. The standard InChI is InChI=1S/C29H51N7O6Si2/c1-21(2)37-43(38-22(3)4,39-23(5)6)19-13-16-31-27-34-28(36-29(35-27)33-18-15-30)32-17-14-20-44(40-24(7)8,41-25(9)10)42-26(11)12/h1,3,5,7,9,11,13-20,30H2,2,4,6,8,10,12H3,(H3,31,32,33,34,35,36). The monoisotopic (exact) mass is 649 g/mol. The molecule has 1 rings (SSSR count). The van der Waals surface area contributed by atoms with Crippen molar-refractivity contribution in [2.45, 2.75) is 66.5 Å². The van der Waals surface area contributed by atoms with Crippen LogP contribution in [0.1, 0.15) is 54.4 Å². The van der Waals surface area contributed by atoms with Crippen LogP contribution in [-0.2, 0) is 26.6 Å². The molecule has 0 aromatic carbocycles. The Morgan fingerprint density at radius 2 is 0.773 bits per heavy atom. The van der Waals surface area contributed by atoms with Crippen molar-refractivity contribution in [3.8, 4) is 0 Å². The van der Waals surface area contributed by atoms with E-state index in [1.54, 1.807) is 41.5 Å². The number of rotatable bonds is 25. The maximum absolute atomic E-state index is 5.98. The Morgan fingerprint density at radius 1 is 0.523 bits per heavy atom. The van der Waals surface area contributed by atoms with E-state index in [0.29, 0.717) is 104 Å². The largest absolute Gasteiger partial charge is 0.698 e. The molecule has 0 aliphatic heterocycles. The quantitative estimate of drug-likeness (QED) is 0.0554. The van der Waals surface area contributed by atoms with Gasteiger partial charge >= 0.3 is 17.6 Å². The van der Waals surface area contributed by atoms with Crippen molar-refractivity contribution in [1.29, 1.82) is 0 Å². The number of nitrogens with one attached hydrogen (secondary N) is 3. The van der Waals surface area contributed by atoms with Crippen molar-refractivity contribution in [3.63, 3.8) is 0 Å². The molecule has 13 nitrogen and oxygen atoms in total. The van der Waals surface area contributed by atoms with Crippen molar-refractivity contribution < 1.29 is 26.6 Å². The van der Waals surface area contributed by atoms with Crippen molar-refractivity contribution in [1.82, 2.24) is 15.0 Å². The summed E-state index contributed by atoms with van der Waals surface area (Å²) in [6.45, 7) is 35.5. The summed E-state index contributed by atoms with van der Waals surface area (Å²) in [5.74, 6) is 4.05. The van der Waals surface area contributed by atoms with E-state index >= 15 is 0 Å². The molecule has 0 aliphatic carbocycles. The van der Waals surface area contributed by atoms with Gasteiger partial charge in [-0.1, -0.05) is 39.5 Å². The first-order chi connectivity index (χ1) is 20.6. The predicted octanol–water partition coefficient (Wildman–Crippen LogP) is 6.03. The summed E-state index contributed by atoms with van der Waals surface area (Å²) in [4.78, 5) is 13.5. The van der Waals surface area contributed by atoms with E-state index < -0.39 is 17.6 Å². The molecule has 0 unspecified atom stereocenters. The molecule has 1 aromatic rings. The average Bonchev–Trinajstić information content (AvgIpc) is 2.85. The van der Waals surface area contributed by atoms with Crippen molar-refractivity contribution in [2.24, 2.45) is 5.73 Å². The van der Waals surface area contributed by atoms with Crippen LogP contribution in [0.5, 0.6) is 0 Å². The second-order valence-corrected chi connectivity index (χ2v) is 15.2. The molecule has 1 aromatic heterocycles. The van der Waals surface area contributed by atoms with Gasteiger partial charge in [-0.15, -0.1) is 0 Å². The molecule has 0 spiro atoms. The molecule has 0 saturated carbocycles. The molecular weight excluding hydrogens is 599 g/mol. The molecular formula is C29H51N7O6Si2. The van der Waals surface area contributed by atoms with Gasteiger partial charge in [-0.05, 0) is 54.4 Å². The highest BCUT2D eigenvalue weighted by Crippen LogP contribution is 2.27. The first-order valence-electron chi connectivity index (χ1n) is 14.3. The number of allylic oxidation sites excluding steroid dienone is 6. The molecule has 1 heterocycles. The van der Waals surface area contributed by atoms with Crippen LogP contribution in [0.25, 0.3) is 0 Å². The van der Waals surface area contributed by atoms with Gasteiger partial charge in [0.1, 0.15) is 0 Å². The van der Waals surface area contributed by atoms with Gasteiger partial charge in [-0.2, -0.15) is 15.0 Å². The predicted molar refractivity (Wildman–Crippen MR) is 180 cm³/mol. The Hall–Kier alpha value is -3.96. The van der Waals surface area contributed by atoms with Crippen LogP contribution in [0.3, 0.4) is 0 Å². The normalized spacial score (nSPS) is 11.0. The van der Waals surface area contributed by atoms with Crippen LogP contribution in [-0.4, -0.2) is 58.7 Å². The summed E-state index contributed by atoms with van der Waals surface area (Å²) < 4.78 is 35.9. The number of hydrogen-bond donors (Lipinski definition) is 4. The lowest BCUT2D eigenvalue weighted by atomic mass is 10.5. The molecule has 44 heavy (non-hydrogen) atoms. The second kappa shape index (κ2) is 18.7. The fourth-order valence-corrected chi connectivity index (χ4v) is 9.10. The second-order valence-electron chi connectivity index (χ2n) is 10.3. The van der Waals surface area contributed by atoms with E-state index in [-0.39, 0.29) is 0 Å². The van der Waals surface area contributed by atoms with Crippen LogP contribution in [0.4, 0.5) is 17.8 Å². The lowest BCUT2D eigenvalue weighted by Crippen LogP contribution is -2.44. The Morgan fingerprint density at radius 3 is 1.00 bits per heavy atom. The number of hydrogen-bond acceptors (Lipinski definition) is 13. The van der Waals surface area contributed by atoms with E-state index in [4.69, 9.17) is 32.3 Å². The third kappa shape index (κ3) is 15.5. The summed E-state index contributed by atoms with van der Waals surface area (Å²) in [5, 5.41) is 9.60. The van der Waals surface area contributed by atoms with Gasteiger partial charge in [0.05, 0.1) is 46.6 Å². The summed E-state index contributed by atoms with van der Waals surface area (Å²) in [6, 6.07) is 0.939. The van der Waals surface area contributed by atoms with Crippen LogP contribution in [0.15, 0.2) is 74.0 Å². The Bertz CT molecular complexity index is 1020. The zero-order chi connectivity index (χ0) is 33.3. The van der Waals surface area contributed by atoms with Crippen LogP contribution < -0.4 is 21.7 Å². The molecule has 0 atom stereocenters. The van der Waals surface area contributed by atoms with Gasteiger partial charge in [-0.25, -0.2) is 0 Å². The summed E-state index contributed by atoms with van der Waals surface area (Å²) in [7, 11) is -6.41. The van der Waals surface area contributed by atoms with E-state index in [9.17, 15) is 0 Å². The minimum absolute atomic E-state index is 0.377. The highest BCUT2D eigenvalue weighted by molar-refractivity contribution is 6.62. The lowest BCUT2D eigenvalue weighted by molar-refractivity contribution is 0.142. The zero-order valence-corrected chi connectivity index (χ0v) is 29.3. The van der Waals surface area contributed by atoms with E-state index in [1.165, 1.54) is 0 Å². The van der Waals surface area contributed by atoms with Gasteiger partial charge in [0.2, 0.25) is 17.8 Å². The third-order valence-corrected chi connectivity index (χ3v) is 10.8. The van der Waals surface area contributed by atoms with Crippen molar-refractivity contribution in [3.05, 3.63) is 74.0 Å². The summed E-state index contributed by atoms with van der Waals surface area (Å²) >= 11 is 0. The smallest absolute Gasteiger partial charge is 0.488 e. The average molecular weight is 650 g/mol. The van der Waals surface area contributed by atoms with Gasteiger partial charge in [0.25, 0.3) is 0 Å². The first-order valence-corrected chi connectivity index (χ1v) is 18.2. The Labute approximate surface area is 265 Å². The molecule has 0 radical (unpaired) electrons. The van der Waals surface area contributed by atoms with Crippen LogP contribution in [0, 0.1) is 0 Å². The lowest BCUT2D eigenvalue weighted by Gasteiger charge is -2.30. The fraction of sp³-hybridized carbons (Fsp3) is 0.483. The minimum atomic E-state index is -3.21. The number of nitrogens with two attached hydrogens (primary N) is 1. The Balaban J connectivity index is 2.99. The first kappa shape index (κ1) is 38.1. The number of aromatic nitrogens is 3. The zero-order valence-electron chi connectivity index (χ0n) is 27.3. The van der Waals surface area contributed by atoms with Crippen molar-refractivity contribution >= 4 is 35.5 Å². The van der Waals surface area contributed by atoms with Gasteiger partial charge in [-0.3, -0.25) is 0 Å². The molecule has 5 N–H and O–H groups in total. The fourth-order valence-electron chi connectivity index (χ4n) is 3.83.